The Morgan fingerprint density at radius 3 is 2.82 bits per heavy atom. The molecule has 1 aromatic carbocycles. The molecule has 1 aromatic heterocycles. The fraction of sp³-hybridized carbons (Fsp3) is 0.0667. The van der Waals surface area contributed by atoms with Crippen molar-refractivity contribution in [3.8, 4) is 11.5 Å². The molecule has 7 heteroatoms. The molecular weight excluding hydrogens is 284 g/mol. The van der Waals surface area contributed by atoms with E-state index in [1.807, 2.05) is 18.2 Å². The fourth-order valence-corrected chi connectivity index (χ4v) is 1.93. The van der Waals surface area contributed by atoms with Crippen molar-refractivity contribution >= 4 is 11.6 Å². The third-order valence-corrected chi connectivity index (χ3v) is 2.93. The number of aromatic nitrogens is 1. The molecule has 0 fully saturated rings. The van der Waals surface area contributed by atoms with Gasteiger partial charge in [-0.3, -0.25) is 10.2 Å². The maximum atomic E-state index is 12.0. The third kappa shape index (κ3) is 2.64. The lowest BCUT2D eigenvalue weighted by atomic mass is 10.2. The van der Waals surface area contributed by atoms with E-state index in [2.05, 4.69) is 15.7 Å². The van der Waals surface area contributed by atoms with Gasteiger partial charge < -0.3 is 14.9 Å². The van der Waals surface area contributed by atoms with Crippen LogP contribution in [0.1, 0.15) is 10.5 Å². The minimum absolute atomic E-state index is 0.168. The van der Waals surface area contributed by atoms with Gasteiger partial charge >= 0.3 is 0 Å². The van der Waals surface area contributed by atoms with Crippen LogP contribution in [-0.4, -0.2) is 17.9 Å². The second-order valence-corrected chi connectivity index (χ2v) is 4.33. The number of carbonyl (C=O) groups is 1. The fourth-order valence-electron chi connectivity index (χ4n) is 1.93. The van der Waals surface area contributed by atoms with Crippen LogP contribution in [0.2, 0.25) is 0 Å². The lowest BCUT2D eigenvalue weighted by molar-refractivity contribution is 0.0955. The number of hydrazine groups is 1. The largest absolute Gasteiger partial charge is 0.452 e. The number of nitrogens with one attached hydrogen (secondary N) is 2. The van der Waals surface area contributed by atoms with E-state index in [0.717, 1.165) is 0 Å². The lowest BCUT2D eigenvalue weighted by Crippen LogP contribution is -2.29. The van der Waals surface area contributed by atoms with Crippen LogP contribution in [0.5, 0.6) is 11.5 Å². The van der Waals surface area contributed by atoms with Gasteiger partial charge in [0.2, 0.25) is 0 Å². The zero-order chi connectivity index (χ0) is 15.4. The van der Waals surface area contributed by atoms with Gasteiger partial charge in [-0.2, -0.15) is 0 Å². The number of hydrogen-bond acceptors (Lipinski definition) is 6. The van der Waals surface area contributed by atoms with Gasteiger partial charge in [-0.15, -0.1) is 5.17 Å². The van der Waals surface area contributed by atoms with Crippen molar-refractivity contribution in [2.24, 2.45) is 0 Å². The molecule has 0 atom stereocenters. The number of nitrogens with zero attached hydrogens (tertiary/aromatic N) is 2. The summed E-state index contributed by atoms with van der Waals surface area (Å²) in [6.07, 6.45) is 4.61. The number of amides is 1. The summed E-state index contributed by atoms with van der Waals surface area (Å²) in [7, 11) is 1.54. The number of anilines is 1. The van der Waals surface area contributed by atoms with Gasteiger partial charge in [0.05, 0.1) is 6.20 Å². The van der Waals surface area contributed by atoms with Crippen LogP contribution in [0.4, 0.5) is 5.69 Å². The molecule has 0 unspecified atom stereocenters. The van der Waals surface area contributed by atoms with Gasteiger partial charge in [0.15, 0.2) is 11.4 Å². The zero-order valence-corrected chi connectivity index (χ0v) is 11.8. The highest BCUT2D eigenvalue weighted by molar-refractivity contribution is 5.96. The molecule has 1 amide bonds. The van der Waals surface area contributed by atoms with E-state index in [-0.39, 0.29) is 11.6 Å². The SMILES string of the molecule is CNC(=O)c1nccc(N2NC=CO2)c1Oc1ccccc1. The summed E-state index contributed by atoms with van der Waals surface area (Å²) in [5.41, 5.74) is 3.57. The van der Waals surface area contributed by atoms with Crippen molar-refractivity contribution in [2.45, 2.75) is 0 Å². The van der Waals surface area contributed by atoms with Crippen LogP contribution in [0.3, 0.4) is 0 Å². The van der Waals surface area contributed by atoms with Crippen molar-refractivity contribution in [1.29, 1.82) is 0 Å². The second-order valence-electron chi connectivity index (χ2n) is 4.33. The maximum absolute atomic E-state index is 12.0. The van der Waals surface area contributed by atoms with Crippen LogP contribution in [-0.2, 0) is 4.84 Å². The van der Waals surface area contributed by atoms with Crippen LogP contribution >= 0.6 is 0 Å². The highest BCUT2D eigenvalue weighted by Crippen LogP contribution is 2.34. The number of benzene rings is 1. The maximum Gasteiger partial charge on any atom is 0.273 e. The van der Waals surface area contributed by atoms with E-state index in [1.54, 1.807) is 24.4 Å². The third-order valence-electron chi connectivity index (χ3n) is 2.93. The van der Waals surface area contributed by atoms with E-state index < -0.39 is 0 Å². The van der Waals surface area contributed by atoms with E-state index >= 15 is 0 Å². The van der Waals surface area contributed by atoms with E-state index in [4.69, 9.17) is 9.57 Å². The predicted octanol–water partition coefficient (Wildman–Crippen LogP) is 1.96. The lowest BCUT2D eigenvalue weighted by Gasteiger charge is -2.20. The number of ether oxygens (including phenoxy) is 1. The summed E-state index contributed by atoms with van der Waals surface area (Å²) in [5.74, 6) is 0.540. The van der Waals surface area contributed by atoms with Gasteiger partial charge in [-0.05, 0) is 18.2 Å². The van der Waals surface area contributed by atoms with Crippen molar-refractivity contribution in [3.05, 3.63) is 60.8 Å². The molecule has 2 N–H and O–H groups in total. The Hall–Kier alpha value is -3.22. The monoisotopic (exact) mass is 298 g/mol. The Morgan fingerprint density at radius 2 is 2.14 bits per heavy atom. The molecule has 2 aromatic rings. The molecule has 22 heavy (non-hydrogen) atoms. The number of para-hydroxylation sites is 1. The highest BCUT2D eigenvalue weighted by atomic mass is 16.7. The summed E-state index contributed by atoms with van der Waals surface area (Å²) in [4.78, 5) is 21.4. The van der Waals surface area contributed by atoms with Crippen molar-refractivity contribution in [2.75, 3.05) is 12.2 Å². The molecule has 1 aliphatic rings. The smallest absolute Gasteiger partial charge is 0.273 e. The summed E-state index contributed by atoms with van der Waals surface area (Å²) >= 11 is 0. The van der Waals surface area contributed by atoms with Gasteiger partial charge in [0.25, 0.3) is 5.91 Å². The van der Waals surface area contributed by atoms with Crippen LogP contribution < -0.4 is 20.7 Å². The first-order valence-corrected chi connectivity index (χ1v) is 6.61. The Kier molecular flexibility index (Phi) is 3.78. The molecule has 7 nitrogen and oxygen atoms in total. The van der Waals surface area contributed by atoms with Crippen molar-refractivity contribution < 1.29 is 14.4 Å². The number of carbonyl (C=O) groups excluding carboxylic acids is 1. The van der Waals surface area contributed by atoms with Crippen LogP contribution in [0, 0.1) is 0 Å². The first-order valence-electron chi connectivity index (χ1n) is 6.61. The summed E-state index contributed by atoms with van der Waals surface area (Å²) in [6, 6.07) is 10.8. The average Bonchev–Trinajstić information content (AvgIpc) is 3.09. The summed E-state index contributed by atoms with van der Waals surface area (Å²) in [5, 5.41) is 3.93. The van der Waals surface area contributed by atoms with Gasteiger partial charge in [-0.25, -0.2) is 4.98 Å². The standard InChI is InChI=1S/C15H14N4O3/c1-16-15(20)13-14(22-11-5-3-2-4-6-11)12(7-8-17-13)19-18-9-10-21-19/h2-10,18H,1H3,(H,16,20). The normalized spacial score (nSPS) is 12.5. The van der Waals surface area contributed by atoms with Crippen molar-refractivity contribution in [1.82, 2.24) is 15.7 Å². The molecule has 0 bridgehead atoms. The molecule has 0 saturated heterocycles. The van der Waals surface area contributed by atoms with Gasteiger partial charge in [0.1, 0.15) is 17.7 Å². The van der Waals surface area contributed by atoms with E-state index in [9.17, 15) is 4.79 Å². The molecule has 112 valence electrons. The quantitative estimate of drug-likeness (QED) is 0.898. The van der Waals surface area contributed by atoms with Gasteiger partial charge in [-0.1, -0.05) is 18.2 Å². The Balaban J connectivity index is 2.04. The molecule has 1 aliphatic heterocycles. The Labute approximate surface area is 127 Å². The topological polar surface area (TPSA) is 75.7 Å². The molecule has 0 spiro atoms. The zero-order valence-electron chi connectivity index (χ0n) is 11.8. The molecular formula is C15H14N4O3. The predicted molar refractivity (Wildman–Crippen MR) is 80.0 cm³/mol. The minimum Gasteiger partial charge on any atom is -0.452 e. The summed E-state index contributed by atoms with van der Waals surface area (Å²) in [6.45, 7) is 0. The van der Waals surface area contributed by atoms with Gasteiger partial charge in [0, 0.05) is 13.2 Å². The van der Waals surface area contributed by atoms with E-state index in [1.165, 1.54) is 24.7 Å². The van der Waals surface area contributed by atoms with E-state index in [0.29, 0.717) is 17.2 Å². The number of rotatable bonds is 4. The number of pyridine rings is 1. The average molecular weight is 298 g/mol. The Bertz CT molecular complexity index is 695. The first-order chi connectivity index (χ1) is 10.8. The molecule has 0 saturated carbocycles. The minimum atomic E-state index is -0.347. The molecule has 0 aliphatic carbocycles. The van der Waals surface area contributed by atoms with Crippen molar-refractivity contribution in [3.63, 3.8) is 0 Å². The molecule has 3 rings (SSSR count). The molecule has 0 radical (unpaired) electrons. The first kappa shape index (κ1) is 13.7. The molecule has 2 heterocycles. The highest BCUT2D eigenvalue weighted by Gasteiger charge is 2.23. The van der Waals surface area contributed by atoms with Crippen LogP contribution in [0.25, 0.3) is 0 Å². The number of hydrogen-bond donors (Lipinski definition) is 2. The van der Waals surface area contributed by atoms with Crippen LogP contribution in [0.15, 0.2) is 55.1 Å². The summed E-state index contributed by atoms with van der Waals surface area (Å²) < 4.78 is 5.86. The Morgan fingerprint density at radius 1 is 1.32 bits per heavy atom. The second kappa shape index (κ2) is 6.04.